The zero-order valence-electron chi connectivity index (χ0n) is 15.3. The third-order valence-corrected chi connectivity index (χ3v) is 5.33. The van der Waals surface area contributed by atoms with E-state index in [0.29, 0.717) is 5.92 Å². The molecule has 7 heteroatoms. The lowest BCUT2D eigenvalue weighted by Crippen LogP contribution is -2.39. The number of oxime groups is 1. The highest BCUT2D eigenvalue weighted by molar-refractivity contribution is 6.01. The van der Waals surface area contributed by atoms with Crippen LogP contribution < -0.4 is 5.73 Å². The number of carbonyl (C=O) groups is 1. The number of hydrogen-bond acceptors (Lipinski definition) is 5. The second kappa shape index (κ2) is 7.92. The molecule has 3 heterocycles. The molecule has 0 spiro atoms. The molecule has 1 aromatic carbocycles. The summed E-state index contributed by atoms with van der Waals surface area (Å²) in [7, 11) is 0. The molecule has 0 aliphatic carbocycles. The van der Waals surface area contributed by atoms with Gasteiger partial charge in [0.15, 0.2) is 0 Å². The zero-order chi connectivity index (χ0) is 18.6. The fraction of sp³-hybridized carbons (Fsp3) is 0.450. The molecule has 4 rings (SSSR count). The number of likely N-dealkylation sites (tertiary alicyclic amines) is 1. The van der Waals surface area contributed by atoms with Crippen LogP contribution in [0.25, 0.3) is 0 Å². The molecule has 0 radical (unpaired) electrons. The van der Waals surface area contributed by atoms with Crippen LogP contribution in [0.2, 0.25) is 0 Å². The first-order valence-corrected chi connectivity index (χ1v) is 9.49. The van der Waals surface area contributed by atoms with Crippen LogP contribution in [0.5, 0.6) is 0 Å². The van der Waals surface area contributed by atoms with E-state index in [1.807, 2.05) is 29.0 Å². The second-order valence-electron chi connectivity index (χ2n) is 7.29. The van der Waals surface area contributed by atoms with Crippen LogP contribution in [0.3, 0.4) is 0 Å². The first-order valence-electron chi connectivity index (χ1n) is 9.49. The number of nitrogens with zero attached hydrogens (tertiary/aromatic N) is 4. The van der Waals surface area contributed by atoms with Gasteiger partial charge in [-0.2, -0.15) is 0 Å². The van der Waals surface area contributed by atoms with E-state index in [9.17, 15) is 4.79 Å². The third-order valence-electron chi connectivity index (χ3n) is 5.33. The van der Waals surface area contributed by atoms with Crippen LogP contribution >= 0.6 is 0 Å². The molecule has 1 amide bonds. The Labute approximate surface area is 158 Å². The quantitative estimate of drug-likeness (QED) is 0.843. The number of piperidine rings is 1. The lowest BCUT2D eigenvalue weighted by atomic mass is 9.95. The van der Waals surface area contributed by atoms with Crippen LogP contribution in [0, 0.1) is 0 Å². The second-order valence-corrected chi connectivity index (χ2v) is 7.29. The van der Waals surface area contributed by atoms with Crippen LogP contribution in [0.1, 0.15) is 36.6 Å². The predicted molar refractivity (Wildman–Crippen MR) is 102 cm³/mol. The summed E-state index contributed by atoms with van der Waals surface area (Å²) in [6.45, 7) is 3.08. The van der Waals surface area contributed by atoms with Crippen molar-refractivity contribution in [3.8, 4) is 0 Å². The maximum absolute atomic E-state index is 11.2. The highest BCUT2D eigenvalue weighted by atomic mass is 16.6. The summed E-state index contributed by atoms with van der Waals surface area (Å²) in [5.41, 5.74) is 7.50. The van der Waals surface area contributed by atoms with E-state index in [4.69, 9.17) is 10.6 Å². The fourth-order valence-corrected chi connectivity index (χ4v) is 3.97. The number of imidazole rings is 1. The summed E-state index contributed by atoms with van der Waals surface area (Å²) in [4.78, 5) is 23.8. The summed E-state index contributed by atoms with van der Waals surface area (Å²) in [6, 6.07) is 10.2. The molecule has 2 aliphatic heterocycles. The highest BCUT2D eigenvalue weighted by Gasteiger charge is 2.28. The summed E-state index contributed by atoms with van der Waals surface area (Å²) < 4.78 is 1.88. The Bertz CT molecular complexity index is 809. The minimum absolute atomic E-state index is 0.119. The van der Waals surface area contributed by atoms with E-state index in [1.54, 1.807) is 6.20 Å². The van der Waals surface area contributed by atoms with Gasteiger partial charge in [-0.15, -0.1) is 0 Å². The molecule has 0 unspecified atom stereocenters. The van der Waals surface area contributed by atoms with Crippen molar-refractivity contribution in [2.75, 3.05) is 19.6 Å². The smallest absolute Gasteiger partial charge is 0.237 e. The molecule has 142 valence electrons. The highest BCUT2D eigenvalue weighted by Crippen LogP contribution is 2.28. The van der Waals surface area contributed by atoms with Gasteiger partial charge in [0.2, 0.25) is 5.91 Å². The minimum Gasteiger partial charge on any atom is -0.390 e. The van der Waals surface area contributed by atoms with E-state index in [-0.39, 0.29) is 18.6 Å². The summed E-state index contributed by atoms with van der Waals surface area (Å²) >= 11 is 0. The summed E-state index contributed by atoms with van der Waals surface area (Å²) in [6.07, 6.45) is 6.60. The lowest BCUT2D eigenvalue weighted by molar-refractivity contribution is -0.118. The number of primary amides is 1. The van der Waals surface area contributed by atoms with Crippen molar-refractivity contribution in [1.82, 2.24) is 14.5 Å². The fourth-order valence-electron chi connectivity index (χ4n) is 3.97. The molecule has 1 aromatic heterocycles. The number of amides is 1. The van der Waals surface area contributed by atoms with Crippen molar-refractivity contribution in [2.45, 2.75) is 37.8 Å². The van der Waals surface area contributed by atoms with Gasteiger partial charge in [-0.05, 0) is 31.5 Å². The molecule has 2 N–H and O–H groups in total. The van der Waals surface area contributed by atoms with Crippen molar-refractivity contribution in [2.24, 2.45) is 10.9 Å². The molecule has 1 fully saturated rings. The van der Waals surface area contributed by atoms with Gasteiger partial charge in [-0.1, -0.05) is 35.5 Å². The number of benzene rings is 1. The van der Waals surface area contributed by atoms with E-state index >= 15 is 0 Å². The first-order chi connectivity index (χ1) is 13.2. The standard InChI is InChI=1S/C20H25N5O2/c21-19(26)14-25-11-8-22-20(25)16-6-9-24(10-7-16)13-17-12-18(23-27-17)15-4-2-1-3-5-15/h1-5,8,11,16-17H,6-7,9-10,12-14H2,(H2,21,26)/t17-/m0/s1. The van der Waals surface area contributed by atoms with E-state index in [2.05, 4.69) is 27.2 Å². The van der Waals surface area contributed by atoms with Gasteiger partial charge in [0.05, 0.1) is 5.71 Å². The van der Waals surface area contributed by atoms with Crippen molar-refractivity contribution in [3.05, 3.63) is 54.1 Å². The van der Waals surface area contributed by atoms with Crippen molar-refractivity contribution >= 4 is 11.6 Å². The summed E-state index contributed by atoms with van der Waals surface area (Å²) in [5.74, 6) is 1.01. The normalized spacial score (nSPS) is 21.0. The van der Waals surface area contributed by atoms with Gasteiger partial charge < -0.3 is 15.1 Å². The zero-order valence-corrected chi connectivity index (χ0v) is 15.3. The Kier molecular flexibility index (Phi) is 5.20. The molecule has 2 aliphatic rings. The number of aromatic nitrogens is 2. The Balaban J connectivity index is 1.27. The predicted octanol–water partition coefficient (Wildman–Crippen LogP) is 1.74. The van der Waals surface area contributed by atoms with Crippen molar-refractivity contribution < 1.29 is 9.63 Å². The molecule has 27 heavy (non-hydrogen) atoms. The first kappa shape index (κ1) is 17.7. The molecule has 7 nitrogen and oxygen atoms in total. The van der Waals surface area contributed by atoms with Crippen LogP contribution in [-0.2, 0) is 16.2 Å². The Hall–Kier alpha value is -2.67. The van der Waals surface area contributed by atoms with Crippen LogP contribution in [-0.4, -0.2) is 51.8 Å². The Morgan fingerprint density at radius 1 is 1.22 bits per heavy atom. The van der Waals surface area contributed by atoms with Crippen molar-refractivity contribution in [3.63, 3.8) is 0 Å². The van der Waals surface area contributed by atoms with E-state index in [1.165, 1.54) is 0 Å². The van der Waals surface area contributed by atoms with Crippen molar-refractivity contribution in [1.29, 1.82) is 0 Å². The molecule has 0 saturated carbocycles. The van der Waals surface area contributed by atoms with Gasteiger partial charge in [0, 0.05) is 31.3 Å². The van der Waals surface area contributed by atoms with Gasteiger partial charge >= 0.3 is 0 Å². The van der Waals surface area contributed by atoms with Gasteiger partial charge in [-0.25, -0.2) is 4.98 Å². The van der Waals surface area contributed by atoms with Gasteiger partial charge in [0.1, 0.15) is 18.5 Å². The molecule has 2 aromatic rings. The average molecular weight is 367 g/mol. The molecule has 1 atom stereocenters. The monoisotopic (exact) mass is 367 g/mol. The molecular formula is C20H25N5O2. The van der Waals surface area contributed by atoms with Crippen LogP contribution in [0.4, 0.5) is 0 Å². The minimum atomic E-state index is -0.334. The largest absolute Gasteiger partial charge is 0.390 e. The molecule has 1 saturated heterocycles. The molecular weight excluding hydrogens is 342 g/mol. The maximum Gasteiger partial charge on any atom is 0.237 e. The van der Waals surface area contributed by atoms with E-state index in [0.717, 1.165) is 56.0 Å². The SMILES string of the molecule is NC(=O)Cn1ccnc1C1CCN(C[C@@H]2CC(c3ccccc3)=NO2)CC1. The average Bonchev–Trinajstić information content (AvgIpc) is 3.32. The topological polar surface area (TPSA) is 85.7 Å². The van der Waals surface area contributed by atoms with Gasteiger partial charge in [0.25, 0.3) is 0 Å². The molecule has 0 bridgehead atoms. The lowest BCUT2D eigenvalue weighted by Gasteiger charge is -2.32. The Morgan fingerprint density at radius 2 is 2.00 bits per heavy atom. The third kappa shape index (κ3) is 4.19. The van der Waals surface area contributed by atoms with Gasteiger partial charge in [-0.3, -0.25) is 9.69 Å². The number of nitrogens with two attached hydrogens (primary N) is 1. The number of rotatable bonds is 6. The maximum atomic E-state index is 11.2. The van der Waals surface area contributed by atoms with Crippen LogP contribution in [0.15, 0.2) is 47.9 Å². The number of carbonyl (C=O) groups excluding carboxylic acids is 1. The Morgan fingerprint density at radius 3 is 2.74 bits per heavy atom. The van der Waals surface area contributed by atoms with E-state index < -0.39 is 0 Å². The summed E-state index contributed by atoms with van der Waals surface area (Å²) in [5, 5.41) is 4.28. The number of hydrogen-bond donors (Lipinski definition) is 1.